The topological polar surface area (TPSA) is 89.3 Å². The molecule has 4 aromatic rings. The van der Waals surface area contributed by atoms with Crippen LogP contribution in [0.15, 0.2) is 60.9 Å². The molecule has 0 aliphatic carbocycles. The van der Waals surface area contributed by atoms with Crippen molar-refractivity contribution in [2.75, 3.05) is 37.7 Å². The van der Waals surface area contributed by atoms with Crippen LogP contribution < -0.4 is 9.64 Å². The van der Waals surface area contributed by atoms with E-state index in [1.165, 1.54) is 6.33 Å². The Morgan fingerprint density at radius 3 is 2.47 bits per heavy atom. The number of piperazine rings is 1. The van der Waals surface area contributed by atoms with Gasteiger partial charge in [-0.3, -0.25) is 4.79 Å². The van der Waals surface area contributed by atoms with E-state index < -0.39 is 0 Å². The van der Waals surface area contributed by atoms with Crippen molar-refractivity contribution in [2.24, 2.45) is 0 Å². The molecule has 0 spiro atoms. The molecule has 32 heavy (non-hydrogen) atoms. The fourth-order valence-corrected chi connectivity index (χ4v) is 3.77. The van der Waals surface area contributed by atoms with Gasteiger partial charge < -0.3 is 14.5 Å². The Morgan fingerprint density at radius 1 is 0.969 bits per heavy atom. The average molecular weight is 450 g/mol. The summed E-state index contributed by atoms with van der Waals surface area (Å²) in [6.07, 6.45) is 1.51. The molecule has 2 aromatic heterocycles. The quantitative estimate of drug-likeness (QED) is 0.462. The van der Waals surface area contributed by atoms with Gasteiger partial charge in [-0.25, -0.2) is 9.97 Å². The smallest absolute Gasteiger partial charge is 0.260 e. The SMILES string of the molecule is O=C(COc1ccccc1)N1CCN(c2ncnc3c2nnn3-c2ccc(Cl)cc2)CC1. The van der Waals surface area contributed by atoms with Gasteiger partial charge in [-0.15, -0.1) is 5.10 Å². The second-order valence-electron chi connectivity index (χ2n) is 7.32. The molecule has 1 aliphatic heterocycles. The summed E-state index contributed by atoms with van der Waals surface area (Å²) in [5.41, 5.74) is 2.05. The van der Waals surface area contributed by atoms with Crippen LogP contribution in [0, 0.1) is 0 Å². The van der Waals surface area contributed by atoms with Crippen molar-refractivity contribution >= 4 is 34.5 Å². The zero-order valence-corrected chi connectivity index (χ0v) is 17.9. The summed E-state index contributed by atoms with van der Waals surface area (Å²) in [6, 6.07) is 16.7. The summed E-state index contributed by atoms with van der Waals surface area (Å²) in [7, 11) is 0. The number of ether oxygens (including phenoxy) is 1. The normalized spacial score (nSPS) is 14.0. The molecule has 0 N–H and O–H groups in total. The first-order chi connectivity index (χ1) is 15.7. The third kappa shape index (κ3) is 4.06. The van der Waals surface area contributed by atoms with Crippen LogP contribution in [0.1, 0.15) is 0 Å². The van der Waals surface area contributed by atoms with Gasteiger partial charge in [0.05, 0.1) is 5.69 Å². The van der Waals surface area contributed by atoms with E-state index in [0.717, 1.165) is 5.69 Å². The van der Waals surface area contributed by atoms with Crippen molar-refractivity contribution in [2.45, 2.75) is 0 Å². The summed E-state index contributed by atoms with van der Waals surface area (Å²) in [6.45, 7) is 2.45. The van der Waals surface area contributed by atoms with Crippen LogP contribution in [0.25, 0.3) is 16.9 Å². The van der Waals surface area contributed by atoms with Crippen molar-refractivity contribution < 1.29 is 9.53 Å². The Balaban J connectivity index is 1.27. The molecule has 3 heterocycles. The van der Waals surface area contributed by atoms with Crippen LogP contribution in [0.3, 0.4) is 0 Å². The maximum absolute atomic E-state index is 12.5. The van der Waals surface area contributed by atoms with Gasteiger partial charge >= 0.3 is 0 Å². The fourth-order valence-electron chi connectivity index (χ4n) is 3.65. The van der Waals surface area contributed by atoms with E-state index in [2.05, 4.69) is 25.2 Å². The van der Waals surface area contributed by atoms with E-state index in [4.69, 9.17) is 16.3 Å². The summed E-state index contributed by atoms with van der Waals surface area (Å²) < 4.78 is 7.25. The summed E-state index contributed by atoms with van der Waals surface area (Å²) in [5, 5.41) is 9.23. The number of benzene rings is 2. The van der Waals surface area contributed by atoms with Gasteiger partial charge in [0.25, 0.3) is 5.91 Å². The number of aromatic nitrogens is 5. The first-order valence-corrected chi connectivity index (χ1v) is 10.6. The second kappa shape index (κ2) is 8.80. The lowest BCUT2D eigenvalue weighted by Crippen LogP contribution is -2.50. The first kappa shape index (κ1) is 20.2. The Kier molecular flexibility index (Phi) is 5.55. The number of amides is 1. The monoisotopic (exact) mass is 449 g/mol. The number of carbonyl (C=O) groups is 1. The van der Waals surface area contributed by atoms with Gasteiger partial charge in [0.15, 0.2) is 23.6 Å². The molecule has 2 aromatic carbocycles. The highest BCUT2D eigenvalue weighted by atomic mass is 35.5. The Labute approximate surface area is 189 Å². The van der Waals surface area contributed by atoms with E-state index in [0.29, 0.717) is 53.9 Å². The van der Waals surface area contributed by atoms with Gasteiger partial charge in [0.1, 0.15) is 12.1 Å². The lowest BCUT2D eigenvalue weighted by Gasteiger charge is -2.35. The van der Waals surface area contributed by atoms with Crippen LogP contribution in [0.4, 0.5) is 5.82 Å². The number of fused-ring (bicyclic) bond motifs is 1. The Hall–Kier alpha value is -3.72. The van der Waals surface area contributed by atoms with Crippen LogP contribution in [0.5, 0.6) is 5.75 Å². The van der Waals surface area contributed by atoms with Crippen molar-refractivity contribution in [3.63, 3.8) is 0 Å². The predicted octanol–water partition coefficient (Wildman–Crippen LogP) is 2.59. The van der Waals surface area contributed by atoms with Gasteiger partial charge in [-0.1, -0.05) is 35.0 Å². The molecule has 1 amide bonds. The zero-order valence-electron chi connectivity index (χ0n) is 17.1. The van der Waals surface area contributed by atoms with E-state index in [9.17, 15) is 4.79 Å². The molecule has 1 fully saturated rings. The van der Waals surface area contributed by atoms with Crippen LogP contribution >= 0.6 is 11.6 Å². The average Bonchev–Trinajstić information content (AvgIpc) is 3.28. The Bertz CT molecular complexity index is 1220. The van der Waals surface area contributed by atoms with Crippen LogP contribution in [-0.2, 0) is 4.79 Å². The number of carbonyl (C=O) groups excluding carboxylic acids is 1. The maximum Gasteiger partial charge on any atom is 0.260 e. The minimum atomic E-state index is -0.0324. The van der Waals surface area contributed by atoms with E-state index in [1.807, 2.05) is 47.4 Å². The molecule has 0 saturated carbocycles. The summed E-state index contributed by atoms with van der Waals surface area (Å²) >= 11 is 5.99. The van der Waals surface area contributed by atoms with Crippen molar-refractivity contribution in [1.29, 1.82) is 0 Å². The van der Waals surface area contributed by atoms with E-state index in [1.54, 1.807) is 16.8 Å². The number of hydrogen-bond acceptors (Lipinski definition) is 7. The highest BCUT2D eigenvalue weighted by Crippen LogP contribution is 2.24. The number of halogens is 1. The number of para-hydroxylation sites is 1. The third-order valence-corrected chi connectivity index (χ3v) is 5.58. The highest BCUT2D eigenvalue weighted by molar-refractivity contribution is 6.30. The molecule has 5 rings (SSSR count). The third-order valence-electron chi connectivity index (χ3n) is 5.33. The van der Waals surface area contributed by atoms with Crippen molar-refractivity contribution in [1.82, 2.24) is 29.9 Å². The largest absolute Gasteiger partial charge is 0.484 e. The van der Waals surface area contributed by atoms with Crippen LogP contribution in [0.2, 0.25) is 5.02 Å². The van der Waals surface area contributed by atoms with E-state index in [-0.39, 0.29) is 12.5 Å². The number of anilines is 1. The molecule has 1 saturated heterocycles. The fraction of sp³-hybridized carbons (Fsp3) is 0.227. The zero-order chi connectivity index (χ0) is 21.9. The number of nitrogens with zero attached hydrogens (tertiary/aromatic N) is 7. The summed E-state index contributed by atoms with van der Waals surface area (Å²) in [5.74, 6) is 1.37. The van der Waals surface area contributed by atoms with Gasteiger partial charge in [-0.05, 0) is 36.4 Å². The van der Waals surface area contributed by atoms with Gasteiger partial charge in [0.2, 0.25) is 0 Å². The lowest BCUT2D eigenvalue weighted by atomic mass is 10.3. The molecular weight excluding hydrogens is 430 g/mol. The second-order valence-corrected chi connectivity index (χ2v) is 7.75. The molecule has 10 heteroatoms. The van der Waals surface area contributed by atoms with Gasteiger partial charge in [-0.2, -0.15) is 4.68 Å². The molecule has 0 radical (unpaired) electrons. The standard InChI is InChI=1S/C22H20ClN7O2/c23-16-6-8-17(9-7-16)30-22-20(26-27-30)21(24-15-25-22)29-12-10-28(11-13-29)19(31)14-32-18-4-2-1-3-5-18/h1-9,15H,10-14H2. The lowest BCUT2D eigenvalue weighted by molar-refractivity contribution is -0.133. The number of rotatable bonds is 5. The molecular formula is C22H20ClN7O2. The first-order valence-electron chi connectivity index (χ1n) is 10.2. The highest BCUT2D eigenvalue weighted by Gasteiger charge is 2.25. The molecule has 0 unspecified atom stereocenters. The Morgan fingerprint density at radius 2 is 1.72 bits per heavy atom. The van der Waals surface area contributed by atoms with Crippen molar-refractivity contribution in [3.05, 3.63) is 65.9 Å². The molecule has 162 valence electrons. The van der Waals surface area contributed by atoms with Gasteiger partial charge in [0, 0.05) is 31.2 Å². The summed E-state index contributed by atoms with van der Waals surface area (Å²) in [4.78, 5) is 25.3. The number of hydrogen-bond donors (Lipinski definition) is 0. The van der Waals surface area contributed by atoms with Crippen molar-refractivity contribution in [3.8, 4) is 11.4 Å². The predicted molar refractivity (Wildman–Crippen MR) is 120 cm³/mol. The molecule has 0 bridgehead atoms. The minimum absolute atomic E-state index is 0.0250. The molecule has 0 atom stereocenters. The van der Waals surface area contributed by atoms with Crippen LogP contribution in [-0.4, -0.2) is 68.6 Å². The van der Waals surface area contributed by atoms with E-state index >= 15 is 0 Å². The minimum Gasteiger partial charge on any atom is -0.484 e. The molecule has 1 aliphatic rings. The maximum atomic E-state index is 12.5. The molecule has 9 nitrogen and oxygen atoms in total.